The zero-order chi connectivity index (χ0) is 27.8. The van der Waals surface area contributed by atoms with Crippen LogP contribution in [0.25, 0.3) is 21.9 Å². The highest BCUT2D eigenvalue weighted by Crippen LogP contribution is 2.45. The summed E-state index contributed by atoms with van der Waals surface area (Å²) in [5.74, 6) is -0.143. The van der Waals surface area contributed by atoms with Crippen molar-refractivity contribution in [2.45, 2.75) is 30.7 Å². The molecule has 2 aromatic heterocycles. The Bertz CT molecular complexity index is 1620. The molecule has 2 aromatic carbocycles. The number of aliphatic hydroxyl groups is 4. The Hall–Kier alpha value is -4.14. The fourth-order valence-electron chi connectivity index (χ4n) is 4.21. The summed E-state index contributed by atoms with van der Waals surface area (Å²) in [5.41, 5.74) is -1.20. The maximum Gasteiger partial charge on any atom is 0.379 e. The van der Waals surface area contributed by atoms with Crippen molar-refractivity contribution in [2.75, 3.05) is 20.8 Å². The van der Waals surface area contributed by atoms with Crippen LogP contribution in [0.15, 0.2) is 60.9 Å². The van der Waals surface area contributed by atoms with Crippen molar-refractivity contribution in [2.24, 2.45) is 0 Å². The Morgan fingerprint density at radius 2 is 1.56 bits per heavy atom. The van der Waals surface area contributed by atoms with Gasteiger partial charge >= 0.3 is 11.3 Å². The van der Waals surface area contributed by atoms with E-state index in [4.69, 9.17) is 32.5 Å². The van der Waals surface area contributed by atoms with Crippen molar-refractivity contribution < 1.29 is 52.9 Å². The van der Waals surface area contributed by atoms with Crippen LogP contribution in [0.2, 0.25) is 0 Å². The highest BCUT2D eigenvalue weighted by Gasteiger charge is 2.45. The monoisotopic (exact) mass is 544 g/mol. The van der Waals surface area contributed by atoms with Crippen LogP contribution >= 0.6 is 0 Å². The van der Waals surface area contributed by atoms with E-state index < -0.39 is 48.6 Å². The molecule has 0 amide bonds. The Morgan fingerprint density at radius 3 is 2.28 bits per heavy atom. The topological polar surface area (TPSA) is 187 Å². The summed E-state index contributed by atoms with van der Waals surface area (Å²) in [5, 5.41) is 40.9. The Kier molecular flexibility index (Phi) is 7.16. The number of methoxy groups -OCH3 is 2. The summed E-state index contributed by atoms with van der Waals surface area (Å²) in [7, 11) is 2.61. The van der Waals surface area contributed by atoms with Gasteiger partial charge in [0.05, 0.1) is 20.8 Å². The fraction of sp³-hybridized carbons (Fsp3) is 0.308. The molecule has 0 spiro atoms. The van der Waals surface area contributed by atoms with E-state index in [0.717, 1.165) is 0 Å². The van der Waals surface area contributed by atoms with Crippen LogP contribution in [0.3, 0.4) is 0 Å². The third-order valence-corrected chi connectivity index (χ3v) is 6.20. The number of benzene rings is 2. The first-order valence-corrected chi connectivity index (χ1v) is 11.7. The number of hydrogen-bond donors (Lipinski definition) is 4. The molecular formula is C26H24O13. The first-order chi connectivity index (χ1) is 18.7. The molecule has 0 saturated carbocycles. The quantitative estimate of drug-likeness (QED) is 0.240. The summed E-state index contributed by atoms with van der Waals surface area (Å²) in [6.45, 7) is -0.655. The van der Waals surface area contributed by atoms with E-state index in [2.05, 4.69) is 0 Å². The van der Waals surface area contributed by atoms with Gasteiger partial charge in [-0.1, -0.05) is 0 Å². The van der Waals surface area contributed by atoms with E-state index >= 15 is 0 Å². The second-order valence-corrected chi connectivity index (χ2v) is 8.63. The molecule has 5 atom stereocenters. The van der Waals surface area contributed by atoms with Crippen molar-refractivity contribution in [1.82, 2.24) is 0 Å². The summed E-state index contributed by atoms with van der Waals surface area (Å²) in [4.78, 5) is 24.4. The van der Waals surface area contributed by atoms with E-state index in [-0.39, 0.29) is 39.9 Å². The lowest BCUT2D eigenvalue weighted by atomic mass is 9.99. The molecule has 1 aliphatic heterocycles. The average Bonchev–Trinajstić information content (AvgIpc) is 2.93. The van der Waals surface area contributed by atoms with Gasteiger partial charge in [-0.25, -0.2) is 9.59 Å². The largest absolute Gasteiger partial charge is 0.493 e. The minimum absolute atomic E-state index is 0.0558. The van der Waals surface area contributed by atoms with Gasteiger partial charge in [-0.3, -0.25) is 0 Å². The minimum Gasteiger partial charge on any atom is -0.493 e. The molecule has 3 heterocycles. The minimum atomic E-state index is -1.71. The Balaban J connectivity index is 1.53. The lowest BCUT2D eigenvalue weighted by Crippen LogP contribution is -2.60. The molecule has 4 N–H and O–H groups in total. The first-order valence-electron chi connectivity index (χ1n) is 11.7. The molecule has 0 bridgehead atoms. The lowest BCUT2D eigenvalue weighted by Gasteiger charge is -2.39. The predicted octanol–water partition coefficient (Wildman–Crippen LogP) is 0.888. The fourth-order valence-corrected chi connectivity index (χ4v) is 4.21. The van der Waals surface area contributed by atoms with Gasteiger partial charge in [-0.05, 0) is 30.3 Å². The molecule has 0 unspecified atom stereocenters. The van der Waals surface area contributed by atoms with Gasteiger partial charge in [-0.15, -0.1) is 0 Å². The van der Waals surface area contributed by atoms with Crippen LogP contribution in [0.5, 0.6) is 28.7 Å². The third kappa shape index (κ3) is 4.89. The van der Waals surface area contributed by atoms with Crippen LogP contribution in [0, 0.1) is 0 Å². The molecule has 1 fully saturated rings. The molecule has 13 nitrogen and oxygen atoms in total. The lowest BCUT2D eigenvalue weighted by molar-refractivity contribution is -0.277. The second-order valence-electron chi connectivity index (χ2n) is 8.63. The van der Waals surface area contributed by atoms with Crippen LogP contribution in [-0.4, -0.2) is 72.0 Å². The molecule has 0 aliphatic carbocycles. The summed E-state index contributed by atoms with van der Waals surface area (Å²) < 4.78 is 38.4. The van der Waals surface area contributed by atoms with Crippen molar-refractivity contribution in [1.29, 1.82) is 0 Å². The molecule has 5 rings (SSSR count). The third-order valence-electron chi connectivity index (χ3n) is 6.20. The summed E-state index contributed by atoms with van der Waals surface area (Å²) in [6, 6.07) is 10.4. The molecule has 13 heteroatoms. The maximum atomic E-state index is 12.8. The molecule has 0 radical (unpaired) electrons. The molecule has 1 saturated heterocycles. The second kappa shape index (κ2) is 10.6. The number of hydrogen-bond acceptors (Lipinski definition) is 13. The molecule has 4 aromatic rings. The molecule has 1 aliphatic rings. The molecule has 206 valence electrons. The Morgan fingerprint density at radius 1 is 0.821 bits per heavy atom. The van der Waals surface area contributed by atoms with Crippen LogP contribution in [0.1, 0.15) is 0 Å². The predicted molar refractivity (Wildman–Crippen MR) is 133 cm³/mol. The van der Waals surface area contributed by atoms with Gasteiger partial charge in [0.1, 0.15) is 35.7 Å². The smallest absolute Gasteiger partial charge is 0.379 e. The van der Waals surface area contributed by atoms with E-state index in [9.17, 15) is 30.0 Å². The number of fused-ring (bicyclic) bond motifs is 2. The summed E-state index contributed by atoms with van der Waals surface area (Å²) >= 11 is 0. The zero-order valence-electron chi connectivity index (χ0n) is 20.6. The van der Waals surface area contributed by atoms with Gasteiger partial charge in [-0.2, -0.15) is 0 Å². The summed E-state index contributed by atoms with van der Waals surface area (Å²) in [6.07, 6.45) is -7.74. The zero-order valence-corrected chi connectivity index (χ0v) is 20.6. The van der Waals surface area contributed by atoms with Gasteiger partial charge in [0, 0.05) is 22.9 Å². The number of aliphatic hydroxyl groups excluding tert-OH is 4. The number of ether oxygens (including phenoxy) is 5. The average molecular weight is 544 g/mol. The van der Waals surface area contributed by atoms with E-state index in [0.29, 0.717) is 10.8 Å². The van der Waals surface area contributed by atoms with Crippen molar-refractivity contribution in [3.8, 4) is 28.7 Å². The molecular weight excluding hydrogens is 520 g/mol. The van der Waals surface area contributed by atoms with Crippen LogP contribution < -0.4 is 30.2 Å². The van der Waals surface area contributed by atoms with E-state index in [1.807, 2.05) is 0 Å². The van der Waals surface area contributed by atoms with Crippen LogP contribution in [-0.2, 0) is 4.74 Å². The van der Waals surface area contributed by atoms with Crippen LogP contribution in [0.4, 0.5) is 0 Å². The first kappa shape index (κ1) is 26.5. The van der Waals surface area contributed by atoms with Crippen molar-refractivity contribution in [3.63, 3.8) is 0 Å². The highest BCUT2D eigenvalue weighted by molar-refractivity contribution is 5.89. The van der Waals surface area contributed by atoms with Crippen molar-refractivity contribution in [3.05, 3.63) is 63.3 Å². The normalized spacial score (nSPS) is 23.1. The maximum absolute atomic E-state index is 12.8. The SMILES string of the molecule is COc1cc2cc(Oc3ccc4ccc(=O)oc4c3)c(=O)oc2c(OC)c1O[C@@H]1O[C@H](CO)[C@@H](O)[C@H](O)[C@H]1O. The van der Waals surface area contributed by atoms with Gasteiger partial charge in [0.25, 0.3) is 0 Å². The number of rotatable bonds is 7. The van der Waals surface area contributed by atoms with Gasteiger partial charge in [0.2, 0.25) is 23.5 Å². The molecule has 39 heavy (non-hydrogen) atoms. The van der Waals surface area contributed by atoms with Crippen molar-refractivity contribution >= 4 is 21.9 Å². The van der Waals surface area contributed by atoms with Gasteiger partial charge in [0.15, 0.2) is 11.3 Å². The van der Waals surface area contributed by atoms with Gasteiger partial charge < -0.3 is 52.9 Å². The van der Waals surface area contributed by atoms with E-state index in [1.165, 1.54) is 38.5 Å². The standard InChI is InChI=1S/C26H24O13/c1-33-15-7-12-8-16(35-13-5-3-11-4-6-18(28)36-14(11)9-13)25(32)38-22(12)24(34-2)23(15)39-26-21(31)20(30)19(29)17(10-27)37-26/h3-9,17,19-21,26-27,29-31H,10H2,1-2H3/t17-,19-,20+,21-,26+/m1/s1. The Labute approximate surface area is 218 Å². The van der Waals surface area contributed by atoms with E-state index in [1.54, 1.807) is 18.2 Å². The highest BCUT2D eigenvalue weighted by atomic mass is 16.7.